The van der Waals surface area contributed by atoms with Crippen LogP contribution in [-0.2, 0) is 26.2 Å². The fourth-order valence-electron chi connectivity index (χ4n) is 3.96. The van der Waals surface area contributed by atoms with Crippen molar-refractivity contribution in [2.24, 2.45) is 0 Å². The average Bonchev–Trinajstić information content (AvgIpc) is 2.89. The maximum atomic E-state index is 13.9. The van der Waals surface area contributed by atoms with Gasteiger partial charge in [-0.15, -0.1) is 0 Å². The summed E-state index contributed by atoms with van der Waals surface area (Å²) in [5.41, 5.74) is 2.28. The van der Waals surface area contributed by atoms with Gasteiger partial charge in [-0.05, 0) is 62.2 Å². The van der Waals surface area contributed by atoms with Gasteiger partial charge in [-0.25, -0.2) is 8.42 Å². The van der Waals surface area contributed by atoms with E-state index in [2.05, 4.69) is 21.2 Å². The van der Waals surface area contributed by atoms with Crippen molar-refractivity contribution < 1.29 is 18.0 Å². The number of halogens is 1. The minimum absolute atomic E-state index is 0.0755. The second-order valence-corrected chi connectivity index (χ2v) is 11.4. The molecule has 3 rings (SSSR count). The molecule has 0 aromatic heterocycles. The zero-order chi connectivity index (χ0) is 27.0. The molecular weight excluding hydrogens is 554 g/mol. The number of carbonyl (C=O) groups excluding carboxylic acids is 2. The number of nitrogens with one attached hydrogen (secondary N) is 1. The van der Waals surface area contributed by atoms with Crippen LogP contribution >= 0.6 is 15.9 Å². The fourth-order valence-corrected chi connectivity index (χ4v) is 5.66. The summed E-state index contributed by atoms with van der Waals surface area (Å²) < 4.78 is 29.3. The van der Waals surface area contributed by atoms with E-state index in [1.165, 1.54) is 17.0 Å². The van der Waals surface area contributed by atoms with Crippen molar-refractivity contribution >= 4 is 43.5 Å². The maximum Gasteiger partial charge on any atom is 0.264 e. The number of amides is 2. The largest absolute Gasteiger partial charge is 0.355 e. The Morgan fingerprint density at radius 1 is 0.919 bits per heavy atom. The van der Waals surface area contributed by atoms with Crippen molar-refractivity contribution in [2.45, 2.75) is 44.7 Å². The number of nitrogens with zero attached hydrogens (tertiary/aromatic N) is 2. The molecule has 1 N–H and O–H groups in total. The van der Waals surface area contributed by atoms with Crippen LogP contribution in [0, 0.1) is 6.92 Å². The molecule has 196 valence electrons. The third-order valence-corrected chi connectivity index (χ3v) is 8.25. The summed E-state index contributed by atoms with van der Waals surface area (Å²) in [5, 5.41) is 2.80. The summed E-state index contributed by atoms with van der Waals surface area (Å²) in [6.07, 6.45) is 0.382. The summed E-state index contributed by atoms with van der Waals surface area (Å²) in [6.45, 7) is 5.77. The quantitative estimate of drug-likeness (QED) is 0.347. The summed E-state index contributed by atoms with van der Waals surface area (Å²) in [7, 11) is -4.07. The van der Waals surface area contributed by atoms with E-state index < -0.39 is 28.5 Å². The third kappa shape index (κ3) is 7.20. The fraction of sp³-hybridized carbons (Fsp3) is 0.286. The van der Waals surface area contributed by atoms with Gasteiger partial charge in [0.05, 0.1) is 10.6 Å². The Morgan fingerprint density at radius 2 is 1.54 bits per heavy atom. The summed E-state index contributed by atoms with van der Waals surface area (Å²) in [5.74, 6) is -0.743. The summed E-state index contributed by atoms with van der Waals surface area (Å²) in [6, 6.07) is 21.7. The number of benzene rings is 3. The highest BCUT2D eigenvalue weighted by Crippen LogP contribution is 2.26. The summed E-state index contributed by atoms with van der Waals surface area (Å²) >= 11 is 3.38. The van der Waals surface area contributed by atoms with E-state index in [1.54, 1.807) is 42.5 Å². The lowest BCUT2D eigenvalue weighted by atomic mass is 10.1. The van der Waals surface area contributed by atoms with Crippen LogP contribution in [-0.4, -0.2) is 44.3 Å². The highest BCUT2D eigenvalue weighted by atomic mass is 79.9. The second kappa shape index (κ2) is 12.9. The minimum Gasteiger partial charge on any atom is -0.355 e. The monoisotopic (exact) mass is 585 g/mol. The number of hydrogen-bond acceptors (Lipinski definition) is 4. The first-order valence-corrected chi connectivity index (χ1v) is 14.4. The van der Waals surface area contributed by atoms with Crippen LogP contribution in [0.15, 0.2) is 88.2 Å². The van der Waals surface area contributed by atoms with Gasteiger partial charge in [0, 0.05) is 17.6 Å². The van der Waals surface area contributed by atoms with E-state index in [1.807, 2.05) is 45.0 Å². The van der Waals surface area contributed by atoms with Gasteiger partial charge in [0.2, 0.25) is 11.8 Å². The van der Waals surface area contributed by atoms with Gasteiger partial charge in [0.25, 0.3) is 10.0 Å². The first-order valence-electron chi connectivity index (χ1n) is 12.1. The SMILES string of the molecule is CCNC(=O)[C@H](CC)N(Cc1ccc(C)cc1)C(=O)CN(c1ccc(Br)cc1)S(=O)(=O)c1ccccc1. The predicted molar refractivity (Wildman–Crippen MR) is 150 cm³/mol. The molecular formula is C28H32BrN3O4S. The van der Waals surface area contributed by atoms with E-state index in [0.29, 0.717) is 18.7 Å². The van der Waals surface area contributed by atoms with Crippen LogP contribution < -0.4 is 9.62 Å². The van der Waals surface area contributed by atoms with Crippen LogP contribution in [0.25, 0.3) is 0 Å². The van der Waals surface area contributed by atoms with Gasteiger partial charge in [-0.3, -0.25) is 13.9 Å². The van der Waals surface area contributed by atoms with E-state index >= 15 is 0 Å². The van der Waals surface area contributed by atoms with Crippen molar-refractivity contribution in [1.29, 1.82) is 0 Å². The second-order valence-electron chi connectivity index (χ2n) is 8.63. The van der Waals surface area contributed by atoms with E-state index in [0.717, 1.165) is 19.9 Å². The Labute approximate surface area is 227 Å². The molecule has 0 aliphatic heterocycles. The van der Waals surface area contributed by atoms with E-state index in [4.69, 9.17) is 0 Å². The zero-order valence-electron chi connectivity index (χ0n) is 21.2. The lowest BCUT2D eigenvalue weighted by Gasteiger charge is -2.33. The first kappa shape index (κ1) is 28.4. The number of rotatable bonds is 11. The Balaban J connectivity index is 2.03. The van der Waals surface area contributed by atoms with Crippen LogP contribution in [0.4, 0.5) is 5.69 Å². The molecule has 0 saturated heterocycles. The molecule has 2 amide bonds. The number of aryl methyl sites for hydroxylation is 1. The molecule has 3 aromatic rings. The Hall–Kier alpha value is -3.17. The summed E-state index contributed by atoms with van der Waals surface area (Å²) in [4.78, 5) is 28.4. The Bertz CT molecular complexity index is 1300. The molecule has 0 saturated carbocycles. The first-order chi connectivity index (χ1) is 17.7. The van der Waals surface area contributed by atoms with Gasteiger partial charge >= 0.3 is 0 Å². The van der Waals surface area contributed by atoms with Gasteiger partial charge < -0.3 is 10.2 Å². The van der Waals surface area contributed by atoms with Crippen LogP contribution in [0.2, 0.25) is 0 Å². The van der Waals surface area contributed by atoms with Gasteiger partial charge in [-0.1, -0.05) is 70.9 Å². The predicted octanol–water partition coefficient (Wildman–Crippen LogP) is 4.90. The van der Waals surface area contributed by atoms with Gasteiger partial charge in [-0.2, -0.15) is 0 Å². The molecule has 0 spiro atoms. The van der Waals surface area contributed by atoms with Crippen molar-refractivity contribution in [1.82, 2.24) is 10.2 Å². The van der Waals surface area contributed by atoms with E-state index in [9.17, 15) is 18.0 Å². The number of likely N-dealkylation sites (N-methyl/N-ethyl adjacent to an activating group) is 1. The van der Waals surface area contributed by atoms with Crippen LogP contribution in [0.5, 0.6) is 0 Å². The molecule has 0 aliphatic rings. The Morgan fingerprint density at radius 3 is 2.11 bits per heavy atom. The maximum absolute atomic E-state index is 13.9. The molecule has 7 nitrogen and oxygen atoms in total. The van der Waals surface area contributed by atoms with Gasteiger partial charge in [0.1, 0.15) is 12.6 Å². The topological polar surface area (TPSA) is 86.8 Å². The number of hydrogen-bond donors (Lipinski definition) is 1. The smallest absolute Gasteiger partial charge is 0.264 e. The minimum atomic E-state index is -4.07. The normalized spacial score (nSPS) is 12.0. The van der Waals surface area contributed by atoms with Crippen molar-refractivity contribution in [3.8, 4) is 0 Å². The van der Waals surface area contributed by atoms with Gasteiger partial charge in [0.15, 0.2) is 0 Å². The highest BCUT2D eigenvalue weighted by Gasteiger charge is 2.33. The standard InChI is InChI=1S/C28H32BrN3O4S/c1-4-26(28(34)30-5-2)31(19-22-13-11-21(3)12-14-22)27(33)20-32(24-17-15-23(29)16-18-24)37(35,36)25-9-7-6-8-10-25/h6-18,26H,4-5,19-20H2,1-3H3,(H,30,34)/t26-/m0/s1. The number of carbonyl (C=O) groups is 2. The van der Waals surface area contributed by atoms with Crippen molar-refractivity contribution in [2.75, 3.05) is 17.4 Å². The lowest BCUT2D eigenvalue weighted by Crippen LogP contribution is -2.52. The third-order valence-electron chi connectivity index (χ3n) is 5.94. The molecule has 9 heteroatoms. The average molecular weight is 587 g/mol. The van der Waals surface area contributed by atoms with Crippen molar-refractivity contribution in [3.05, 3.63) is 94.5 Å². The Kier molecular flexibility index (Phi) is 9.88. The molecule has 0 fully saturated rings. The van der Waals surface area contributed by atoms with Crippen molar-refractivity contribution in [3.63, 3.8) is 0 Å². The number of anilines is 1. The molecule has 0 unspecified atom stereocenters. The number of sulfonamides is 1. The zero-order valence-corrected chi connectivity index (χ0v) is 23.6. The molecule has 3 aromatic carbocycles. The molecule has 0 bridgehead atoms. The molecule has 0 aliphatic carbocycles. The van der Waals surface area contributed by atoms with Crippen LogP contribution in [0.3, 0.4) is 0 Å². The lowest BCUT2D eigenvalue weighted by molar-refractivity contribution is -0.140. The molecule has 0 radical (unpaired) electrons. The van der Waals surface area contributed by atoms with Crippen LogP contribution in [0.1, 0.15) is 31.4 Å². The molecule has 37 heavy (non-hydrogen) atoms. The molecule has 1 atom stereocenters. The van der Waals surface area contributed by atoms with E-state index in [-0.39, 0.29) is 17.3 Å². The molecule has 0 heterocycles. The highest BCUT2D eigenvalue weighted by molar-refractivity contribution is 9.10.